The number of nitro groups is 2. The van der Waals surface area contributed by atoms with Crippen molar-refractivity contribution < 1.29 is 19.4 Å². The number of nitro benzene ring substituents is 2. The number of nitrogens with zero attached hydrogens (tertiary/aromatic N) is 3. The molecule has 1 N–H and O–H groups in total. The van der Waals surface area contributed by atoms with Crippen molar-refractivity contribution in [2.75, 3.05) is 11.9 Å². The summed E-state index contributed by atoms with van der Waals surface area (Å²) in [6, 6.07) is 16.1. The van der Waals surface area contributed by atoms with E-state index in [4.69, 9.17) is 4.74 Å². The average Bonchev–Trinajstić information content (AvgIpc) is 3.21. The summed E-state index contributed by atoms with van der Waals surface area (Å²) < 4.78 is 6.32. The van der Waals surface area contributed by atoms with Gasteiger partial charge in [0, 0.05) is 17.3 Å². The van der Waals surface area contributed by atoms with E-state index in [1.807, 2.05) is 31.2 Å². The molecule has 0 aliphatic carbocycles. The first kappa shape index (κ1) is 21.8. The van der Waals surface area contributed by atoms with Gasteiger partial charge in [0.25, 0.3) is 11.6 Å². The minimum atomic E-state index is -0.803. The van der Waals surface area contributed by atoms with Crippen LogP contribution in [0, 0.1) is 27.2 Å². The maximum Gasteiger partial charge on any atom is 0.317 e. The van der Waals surface area contributed by atoms with Crippen LogP contribution < -0.4 is 10.1 Å². The Labute approximate surface area is 190 Å². The van der Waals surface area contributed by atoms with Crippen molar-refractivity contribution in [3.05, 3.63) is 86.5 Å². The van der Waals surface area contributed by atoms with Crippen LogP contribution in [0.4, 0.5) is 17.1 Å². The predicted molar refractivity (Wildman–Crippen MR) is 124 cm³/mol. The SMILES string of the molecule is Cc1ccc2nc(-c3ccc(NC(=O)COc4ccc([N+](=O)[O-])cc4[N+](=O)[O-])cc3)sc2c1. The number of nitrogens with one attached hydrogen (secondary N) is 1. The van der Waals surface area contributed by atoms with Crippen molar-refractivity contribution in [2.45, 2.75) is 6.92 Å². The summed E-state index contributed by atoms with van der Waals surface area (Å²) >= 11 is 1.58. The molecule has 166 valence electrons. The summed E-state index contributed by atoms with van der Waals surface area (Å²) in [5.74, 6) is -0.770. The van der Waals surface area contributed by atoms with Crippen LogP contribution in [0.3, 0.4) is 0 Å². The van der Waals surface area contributed by atoms with E-state index in [0.717, 1.165) is 44.6 Å². The number of carbonyl (C=O) groups is 1. The highest BCUT2D eigenvalue weighted by Crippen LogP contribution is 2.32. The lowest BCUT2D eigenvalue weighted by Gasteiger charge is -2.08. The molecule has 1 heterocycles. The fraction of sp³-hybridized carbons (Fsp3) is 0.0909. The molecule has 4 rings (SSSR count). The van der Waals surface area contributed by atoms with Gasteiger partial charge in [0.2, 0.25) is 0 Å². The number of amides is 1. The number of hydrogen-bond donors (Lipinski definition) is 1. The largest absolute Gasteiger partial charge is 0.477 e. The molecule has 3 aromatic carbocycles. The first-order valence-corrected chi connectivity index (χ1v) is 10.4. The van der Waals surface area contributed by atoms with Crippen molar-refractivity contribution in [1.82, 2.24) is 4.98 Å². The van der Waals surface area contributed by atoms with E-state index < -0.39 is 33.7 Å². The zero-order chi connectivity index (χ0) is 23.5. The van der Waals surface area contributed by atoms with Crippen LogP contribution in [-0.2, 0) is 4.79 Å². The number of non-ortho nitro benzene ring substituents is 1. The van der Waals surface area contributed by atoms with Crippen molar-refractivity contribution in [1.29, 1.82) is 0 Å². The van der Waals surface area contributed by atoms with E-state index in [-0.39, 0.29) is 5.75 Å². The van der Waals surface area contributed by atoms with E-state index in [9.17, 15) is 25.0 Å². The average molecular weight is 464 g/mol. The number of benzene rings is 3. The van der Waals surface area contributed by atoms with Gasteiger partial charge >= 0.3 is 5.69 Å². The number of thiazole rings is 1. The van der Waals surface area contributed by atoms with Gasteiger partial charge in [-0.05, 0) is 55.0 Å². The minimum Gasteiger partial charge on any atom is -0.477 e. The van der Waals surface area contributed by atoms with Crippen molar-refractivity contribution in [3.8, 4) is 16.3 Å². The molecule has 0 radical (unpaired) electrons. The second-order valence-electron chi connectivity index (χ2n) is 7.07. The Balaban J connectivity index is 1.41. The number of hydrogen-bond acceptors (Lipinski definition) is 8. The van der Waals surface area contributed by atoms with Gasteiger partial charge in [-0.1, -0.05) is 6.07 Å². The summed E-state index contributed by atoms with van der Waals surface area (Å²) in [6.45, 7) is 1.53. The molecule has 11 heteroatoms. The van der Waals surface area contributed by atoms with E-state index in [1.54, 1.807) is 23.5 Å². The Bertz CT molecular complexity index is 1380. The van der Waals surface area contributed by atoms with Crippen LogP contribution in [0.15, 0.2) is 60.7 Å². The molecule has 0 aliphatic heterocycles. The third-order valence-electron chi connectivity index (χ3n) is 4.67. The molecule has 4 aromatic rings. The third-order valence-corrected chi connectivity index (χ3v) is 5.74. The molecule has 0 saturated carbocycles. The van der Waals surface area contributed by atoms with E-state index >= 15 is 0 Å². The highest BCUT2D eigenvalue weighted by molar-refractivity contribution is 7.21. The first-order valence-electron chi connectivity index (χ1n) is 9.63. The molecule has 1 aromatic heterocycles. The molecule has 1 amide bonds. The number of anilines is 1. The zero-order valence-corrected chi connectivity index (χ0v) is 18.0. The molecule has 0 spiro atoms. The van der Waals surface area contributed by atoms with Crippen molar-refractivity contribution in [2.24, 2.45) is 0 Å². The Morgan fingerprint density at radius 2 is 1.79 bits per heavy atom. The molecule has 0 atom stereocenters. The lowest BCUT2D eigenvalue weighted by atomic mass is 10.2. The van der Waals surface area contributed by atoms with Crippen molar-refractivity contribution in [3.63, 3.8) is 0 Å². The van der Waals surface area contributed by atoms with Crippen LogP contribution in [-0.4, -0.2) is 27.3 Å². The van der Waals surface area contributed by atoms with Gasteiger partial charge in [-0.15, -0.1) is 11.3 Å². The van der Waals surface area contributed by atoms with Gasteiger partial charge in [0.1, 0.15) is 5.01 Å². The maximum absolute atomic E-state index is 12.2. The molecule has 0 aliphatic rings. The molecule has 0 unspecified atom stereocenters. The normalized spacial score (nSPS) is 10.7. The Kier molecular flexibility index (Phi) is 5.96. The third kappa shape index (κ3) is 4.93. The summed E-state index contributed by atoms with van der Waals surface area (Å²) in [5.41, 5.74) is 2.48. The number of carbonyl (C=O) groups excluding carboxylic acids is 1. The van der Waals surface area contributed by atoms with Gasteiger partial charge in [-0.2, -0.15) is 0 Å². The number of ether oxygens (including phenoxy) is 1. The highest BCUT2D eigenvalue weighted by atomic mass is 32.1. The van der Waals surface area contributed by atoms with E-state index in [2.05, 4.69) is 16.4 Å². The van der Waals surface area contributed by atoms with Gasteiger partial charge < -0.3 is 10.1 Å². The standard InChI is InChI=1S/C22H16N4O6S/c1-13-2-8-17-20(10-13)33-22(24-17)14-3-5-15(6-4-14)23-21(27)12-32-19-9-7-16(25(28)29)11-18(19)26(30)31/h2-11H,12H2,1H3,(H,23,27). The van der Waals surface area contributed by atoms with E-state index in [0.29, 0.717) is 5.69 Å². The van der Waals surface area contributed by atoms with Crippen LogP contribution in [0.2, 0.25) is 0 Å². The number of rotatable bonds is 7. The van der Waals surface area contributed by atoms with Gasteiger partial charge in [0.05, 0.1) is 26.1 Å². The molecule has 0 bridgehead atoms. The fourth-order valence-corrected chi connectivity index (χ4v) is 4.15. The summed E-state index contributed by atoms with van der Waals surface area (Å²) in [7, 11) is 0. The summed E-state index contributed by atoms with van der Waals surface area (Å²) in [6.07, 6.45) is 0. The molecule has 10 nitrogen and oxygen atoms in total. The number of aryl methyl sites for hydroxylation is 1. The lowest BCUT2D eigenvalue weighted by molar-refractivity contribution is -0.394. The molecular weight excluding hydrogens is 448 g/mol. The highest BCUT2D eigenvalue weighted by Gasteiger charge is 2.21. The van der Waals surface area contributed by atoms with Gasteiger partial charge in [-0.3, -0.25) is 25.0 Å². The van der Waals surface area contributed by atoms with Crippen LogP contribution in [0.25, 0.3) is 20.8 Å². The predicted octanol–water partition coefficient (Wildman–Crippen LogP) is 5.11. The van der Waals surface area contributed by atoms with E-state index in [1.165, 1.54) is 0 Å². The number of fused-ring (bicyclic) bond motifs is 1. The summed E-state index contributed by atoms with van der Waals surface area (Å²) in [5, 5.41) is 25.5. The maximum atomic E-state index is 12.2. The first-order chi connectivity index (χ1) is 15.8. The quantitative estimate of drug-likeness (QED) is 0.296. The Hall–Kier alpha value is -4.38. The lowest BCUT2D eigenvalue weighted by Crippen LogP contribution is -2.20. The molecule has 33 heavy (non-hydrogen) atoms. The van der Waals surface area contributed by atoms with Crippen molar-refractivity contribution >= 4 is 44.5 Å². The Morgan fingerprint density at radius 1 is 1.03 bits per heavy atom. The van der Waals surface area contributed by atoms with Crippen LogP contribution in [0.5, 0.6) is 5.75 Å². The monoisotopic (exact) mass is 464 g/mol. The van der Waals surface area contributed by atoms with Crippen LogP contribution in [0.1, 0.15) is 5.56 Å². The molecule has 0 fully saturated rings. The minimum absolute atomic E-state index is 0.234. The van der Waals surface area contributed by atoms with Gasteiger partial charge in [0.15, 0.2) is 12.4 Å². The molecule has 0 saturated heterocycles. The smallest absolute Gasteiger partial charge is 0.317 e. The zero-order valence-electron chi connectivity index (χ0n) is 17.2. The molecular formula is C22H16N4O6S. The fourth-order valence-electron chi connectivity index (χ4n) is 3.08. The van der Waals surface area contributed by atoms with Crippen LogP contribution >= 0.6 is 11.3 Å². The second-order valence-corrected chi connectivity index (χ2v) is 8.10. The van der Waals surface area contributed by atoms with Gasteiger partial charge in [-0.25, -0.2) is 4.98 Å². The summed E-state index contributed by atoms with van der Waals surface area (Å²) in [4.78, 5) is 37.3. The number of aromatic nitrogens is 1. The second kappa shape index (κ2) is 9.01. The Morgan fingerprint density at radius 3 is 2.48 bits per heavy atom. The topological polar surface area (TPSA) is 138 Å².